The second-order valence-electron chi connectivity index (χ2n) is 6.00. The summed E-state index contributed by atoms with van der Waals surface area (Å²) >= 11 is 0. The van der Waals surface area contributed by atoms with Gasteiger partial charge in [-0.25, -0.2) is 6.04 Å². The van der Waals surface area contributed by atoms with Gasteiger partial charge in [0.05, 0.1) is 0 Å². The monoisotopic (exact) mass is 373 g/mol. The average Bonchev–Trinajstić information content (AvgIpc) is 2.31. The first-order valence-electron chi connectivity index (χ1n) is 7.10. The van der Waals surface area contributed by atoms with Crippen LogP contribution in [0.2, 0.25) is 0 Å². The van der Waals surface area contributed by atoms with Gasteiger partial charge in [0.15, 0.2) is 0 Å². The van der Waals surface area contributed by atoms with Crippen molar-refractivity contribution in [2.75, 3.05) is 40.3 Å². The first-order chi connectivity index (χ1) is 8.40. The SMILES string of the molecule is C[C-]1CNC(C)CNC(C)CN(C)C(C)CN1C.[Cl-].[Cl-].[Ti+3]. The van der Waals surface area contributed by atoms with Gasteiger partial charge in [-0.2, -0.15) is 6.92 Å². The smallest absolute Gasteiger partial charge is 1.00 e. The second kappa shape index (κ2) is 13.6. The molecule has 0 aliphatic carbocycles. The molecule has 0 saturated carbocycles. The fraction of sp³-hybridized carbons (Fsp3) is 0.929. The van der Waals surface area contributed by atoms with Crippen LogP contribution in [0.5, 0.6) is 0 Å². The molecule has 125 valence electrons. The van der Waals surface area contributed by atoms with Crippen molar-refractivity contribution in [3.8, 4) is 0 Å². The maximum absolute atomic E-state index is 3.60. The molecular weight excluding hydrogens is 343 g/mol. The summed E-state index contributed by atoms with van der Waals surface area (Å²) in [5.41, 5.74) is 0. The van der Waals surface area contributed by atoms with Gasteiger partial charge in [0.25, 0.3) is 0 Å². The predicted molar refractivity (Wildman–Crippen MR) is 78.6 cm³/mol. The molecule has 3 atom stereocenters. The van der Waals surface area contributed by atoms with Crippen LogP contribution in [0.25, 0.3) is 0 Å². The third-order valence-corrected chi connectivity index (χ3v) is 3.98. The number of hydrogen-bond donors (Lipinski definition) is 2. The minimum absolute atomic E-state index is 0. The third-order valence-electron chi connectivity index (χ3n) is 3.98. The maximum Gasteiger partial charge on any atom is 3.00 e. The summed E-state index contributed by atoms with van der Waals surface area (Å²) in [7, 11) is 4.42. The van der Waals surface area contributed by atoms with Crippen LogP contribution in [-0.2, 0) is 21.7 Å². The van der Waals surface area contributed by atoms with E-state index in [-0.39, 0.29) is 46.5 Å². The molecule has 1 fully saturated rings. The van der Waals surface area contributed by atoms with E-state index in [9.17, 15) is 0 Å². The minimum Gasteiger partial charge on any atom is -1.00 e. The Morgan fingerprint density at radius 1 is 0.952 bits per heavy atom. The molecule has 1 aliphatic rings. The van der Waals surface area contributed by atoms with Crippen LogP contribution in [0, 0.1) is 6.04 Å². The van der Waals surface area contributed by atoms with E-state index >= 15 is 0 Å². The van der Waals surface area contributed by atoms with E-state index in [4.69, 9.17) is 0 Å². The van der Waals surface area contributed by atoms with E-state index in [0.717, 1.165) is 26.2 Å². The van der Waals surface area contributed by atoms with Crippen molar-refractivity contribution >= 4 is 0 Å². The molecule has 21 heavy (non-hydrogen) atoms. The molecule has 0 aromatic carbocycles. The molecule has 3 unspecified atom stereocenters. The van der Waals surface area contributed by atoms with E-state index in [2.05, 4.69) is 62.2 Å². The summed E-state index contributed by atoms with van der Waals surface area (Å²) in [5, 5.41) is 7.17. The van der Waals surface area contributed by atoms with E-state index < -0.39 is 0 Å². The molecule has 0 amide bonds. The Morgan fingerprint density at radius 2 is 1.52 bits per heavy atom. The van der Waals surface area contributed by atoms with Crippen molar-refractivity contribution in [3.05, 3.63) is 6.04 Å². The topological polar surface area (TPSA) is 30.5 Å². The third kappa shape index (κ3) is 10.5. The average molecular weight is 374 g/mol. The molecule has 1 saturated heterocycles. The minimum atomic E-state index is 0. The molecule has 0 bridgehead atoms. The number of hydrogen-bond acceptors (Lipinski definition) is 4. The summed E-state index contributed by atoms with van der Waals surface area (Å²) in [6, 6.07) is 3.04. The Kier molecular flexibility index (Phi) is 17.4. The Hall–Kier alpha value is 1.13. The summed E-state index contributed by atoms with van der Waals surface area (Å²) < 4.78 is 0. The standard InChI is InChI=1S/C14H31N4.2ClH.Ti/c1-11-7-15-12(2)9-17(5)14(4)10-18(6)13(3)8-16-11;;;/h11-12,14-16H,7-10H2,1-6H3;2*1H;/q-1;;;+3/p-2. The molecule has 1 aliphatic heterocycles. The summed E-state index contributed by atoms with van der Waals surface area (Å²) in [4.78, 5) is 4.82. The van der Waals surface area contributed by atoms with E-state index in [1.807, 2.05) is 0 Å². The second-order valence-corrected chi connectivity index (χ2v) is 6.00. The van der Waals surface area contributed by atoms with Gasteiger partial charge in [-0.15, -0.1) is 6.54 Å². The quantitative estimate of drug-likeness (QED) is 0.328. The van der Waals surface area contributed by atoms with Crippen LogP contribution in [0.4, 0.5) is 0 Å². The van der Waals surface area contributed by atoms with Crippen molar-refractivity contribution < 1.29 is 46.5 Å². The molecule has 4 nitrogen and oxygen atoms in total. The van der Waals surface area contributed by atoms with Gasteiger partial charge in [0.1, 0.15) is 0 Å². The van der Waals surface area contributed by atoms with Gasteiger partial charge < -0.3 is 45.2 Å². The van der Waals surface area contributed by atoms with Crippen LogP contribution in [-0.4, -0.2) is 68.2 Å². The summed E-state index contributed by atoms with van der Waals surface area (Å²) in [5.74, 6) is 0. The molecule has 7 heteroatoms. The fourth-order valence-electron chi connectivity index (χ4n) is 2.28. The van der Waals surface area contributed by atoms with E-state index in [1.54, 1.807) is 0 Å². The van der Waals surface area contributed by atoms with Crippen LogP contribution >= 0.6 is 0 Å². The molecular formula is C14H31Cl2N4Ti. The normalized spacial score (nSPS) is 30.9. The molecule has 0 aromatic rings. The van der Waals surface area contributed by atoms with Gasteiger partial charge >= 0.3 is 21.7 Å². The molecule has 1 radical (unpaired) electrons. The number of rotatable bonds is 0. The zero-order valence-electron chi connectivity index (χ0n) is 14.2. The summed E-state index contributed by atoms with van der Waals surface area (Å²) in [6.45, 7) is 13.2. The first-order valence-corrected chi connectivity index (χ1v) is 7.10. The van der Waals surface area contributed by atoms with Crippen molar-refractivity contribution in [3.63, 3.8) is 0 Å². The molecule has 1 heterocycles. The number of nitrogens with one attached hydrogen (secondary N) is 2. The Balaban J connectivity index is -0.00000108. The van der Waals surface area contributed by atoms with Crippen LogP contribution in [0.3, 0.4) is 0 Å². The number of likely N-dealkylation sites (N-methyl/N-ethyl adjacent to an activating group) is 2. The van der Waals surface area contributed by atoms with Crippen LogP contribution in [0.15, 0.2) is 0 Å². The van der Waals surface area contributed by atoms with E-state index in [0.29, 0.717) is 18.1 Å². The van der Waals surface area contributed by atoms with Crippen molar-refractivity contribution in [2.45, 2.75) is 45.8 Å². The maximum atomic E-state index is 3.60. The molecule has 1 rings (SSSR count). The van der Waals surface area contributed by atoms with Gasteiger partial charge in [0.2, 0.25) is 0 Å². The number of halogens is 2. The van der Waals surface area contributed by atoms with Crippen LogP contribution in [0.1, 0.15) is 27.7 Å². The Labute approximate surface area is 158 Å². The largest absolute Gasteiger partial charge is 3.00 e. The molecule has 2 N–H and O–H groups in total. The molecule has 0 spiro atoms. The van der Waals surface area contributed by atoms with Crippen molar-refractivity contribution in [1.29, 1.82) is 0 Å². The van der Waals surface area contributed by atoms with Crippen molar-refractivity contribution in [2.24, 2.45) is 0 Å². The Morgan fingerprint density at radius 3 is 2.10 bits per heavy atom. The van der Waals surface area contributed by atoms with Crippen LogP contribution < -0.4 is 35.4 Å². The zero-order valence-corrected chi connectivity index (χ0v) is 17.3. The van der Waals surface area contributed by atoms with Gasteiger partial charge in [-0.3, -0.25) is 0 Å². The number of nitrogens with zero attached hydrogens (tertiary/aromatic N) is 2. The predicted octanol–water partition coefficient (Wildman–Crippen LogP) is -5.23. The van der Waals surface area contributed by atoms with Crippen molar-refractivity contribution in [1.82, 2.24) is 20.4 Å². The molecule has 0 aromatic heterocycles. The zero-order chi connectivity index (χ0) is 13.7. The van der Waals surface area contributed by atoms with Gasteiger partial charge in [0, 0.05) is 31.2 Å². The van der Waals surface area contributed by atoms with E-state index in [1.165, 1.54) is 6.04 Å². The summed E-state index contributed by atoms with van der Waals surface area (Å²) in [6.07, 6.45) is 0. The van der Waals surface area contributed by atoms with Gasteiger partial charge in [-0.05, 0) is 41.4 Å². The Bertz CT molecular complexity index is 249. The fourth-order valence-corrected chi connectivity index (χ4v) is 2.28. The van der Waals surface area contributed by atoms with Gasteiger partial charge in [-0.1, -0.05) is 0 Å². The first kappa shape index (κ1) is 27.0.